The van der Waals surface area contributed by atoms with Gasteiger partial charge in [-0.25, -0.2) is 9.59 Å². The van der Waals surface area contributed by atoms with Crippen molar-refractivity contribution in [1.29, 1.82) is 0 Å². The summed E-state index contributed by atoms with van der Waals surface area (Å²) in [5.41, 5.74) is 1.29. The number of rotatable bonds is 2. The molecule has 1 rings (SSSR count). The van der Waals surface area contributed by atoms with Crippen LogP contribution in [0.15, 0.2) is 23.3 Å². The first-order chi connectivity index (χ1) is 8.69. The Balaban J connectivity index is 2.77. The third-order valence-corrected chi connectivity index (χ3v) is 3.00. The summed E-state index contributed by atoms with van der Waals surface area (Å²) in [5.74, 6) is -0.612. The van der Waals surface area contributed by atoms with E-state index in [0.29, 0.717) is 24.0 Å². The quantitative estimate of drug-likeness (QED) is 0.709. The van der Waals surface area contributed by atoms with Crippen LogP contribution in [0.25, 0.3) is 0 Å². The van der Waals surface area contributed by atoms with Crippen molar-refractivity contribution in [1.82, 2.24) is 0 Å². The fourth-order valence-corrected chi connectivity index (χ4v) is 1.95. The van der Waals surface area contributed by atoms with E-state index in [1.807, 2.05) is 12.2 Å². The summed E-state index contributed by atoms with van der Waals surface area (Å²) in [4.78, 5) is 23.1. The van der Waals surface area contributed by atoms with E-state index in [2.05, 4.69) is 0 Å². The van der Waals surface area contributed by atoms with Crippen molar-refractivity contribution in [2.45, 2.75) is 38.5 Å². The Morgan fingerprint density at radius 1 is 0.889 bits per heavy atom. The van der Waals surface area contributed by atoms with Crippen LogP contribution in [0, 0.1) is 0 Å². The van der Waals surface area contributed by atoms with Crippen LogP contribution in [-0.4, -0.2) is 26.2 Å². The third kappa shape index (κ3) is 4.35. The molecule has 0 bridgehead atoms. The number of methoxy groups -OCH3 is 2. The molecule has 0 aromatic rings. The molecule has 0 amide bonds. The monoisotopic (exact) mass is 252 g/mol. The highest BCUT2D eigenvalue weighted by molar-refractivity contribution is 5.90. The van der Waals surface area contributed by atoms with Crippen LogP contribution in [0.3, 0.4) is 0 Å². The number of hydrogen-bond acceptors (Lipinski definition) is 4. The zero-order valence-electron chi connectivity index (χ0n) is 11.0. The van der Waals surface area contributed by atoms with E-state index in [4.69, 9.17) is 9.47 Å². The summed E-state index contributed by atoms with van der Waals surface area (Å²) in [5, 5.41) is 0. The molecule has 0 aliphatic heterocycles. The molecular weight excluding hydrogens is 232 g/mol. The molecule has 1 aliphatic rings. The first-order valence-corrected chi connectivity index (χ1v) is 6.23. The molecule has 0 N–H and O–H groups in total. The molecule has 4 nitrogen and oxygen atoms in total. The van der Waals surface area contributed by atoms with Gasteiger partial charge < -0.3 is 9.47 Å². The molecule has 0 spiro atoms. The Kier molecular flexibility index (Phi) is 6.19. The summed E-state index contributed by atoms with van der Waals surface area (Å²) in [7, 11) is 2.75. The first-order valence-electron chi connectivity index (χ1n) is 6.23. The summed E-state index contributed by atoms with van der Waals surface area (Å²) in [6, 6.07) is 0. The van der Waals surface area contributed by atoms with Gasteiger partial charge in [-0.1, -0.05) is 12.2 Å². The second-order valence-electron chi connectivity index (χ2n) is 4.23. The Morgan fingerprint density at radius 3 is 1.61 bits per heavy atom. The van der Waals surface area contributed by atoms with Gasteiger partial charge in [-0.05, 0) is 38.5 Å². The zero-order chi connectivity index (χ0) is 13.4. The molecule has 0 atom stereocenters. The van der Waals surface area contributed by atoms with Gasteiger partial charge in [0.15, 0.2) is 0 Å². The predicted molar refractivity (Wildman–Crippen MR) is 67.9 cm³/mol. The van der Waals surface area contributed by atoms with Crippen molar-refractivity contribution < 1.29 is 19.1 Å². The summed E-state index contributed by atoms with van der Waals surface area (Å²) in [6.07, 6.45) is 8.66. The molecule has 0 fully saturated rings. The second kappa shape index (κ2) is 7.69. The van der Waals surface area contributed by atoms with Crippen molar-refractivity contribution in [3.63, 3.8) is 0 Å². The maximum Gasteiger partial charge on any atom is 0.333 e. The average Bonchev–Trinajstić information content (AvgIpc) is 2.42. The Bertz CT molecular complexity index is 330. The third-order valence-electron chi connectivity index (χ3n) is 3.00. The van der Waals surface area contributed by atoms with Crippen LogP contribution in [0.4, 0.5) is 0 Å². The van der Waals surface area contributed by atoms with Crippen molar-refractivity contribution in [2.24, 2.45) is 0 Å². The van der Waals surface area contributed by atoms with Crippen LogP contribution in [0.5, 0.6) is 0 Å². The lowest BCUT2D eigenvalue weighted by Gasteiger charge is -2.10. The van der Waals surface area contributed by atoms with E-state index >= 15 is 0 Å². The second-order valence-corrected chi connectivity index (χ2v) is 4.23. The fraction of sp³-hybridized carbons (Fsp3) is 0.571. The molecule has 0 unspecified atom stereocenters. The summed E-state index contributed by atoms with van der Waals surface area (Å²) < 4.78 is 9.47. The predicted octanol–water partition coefficient (Wildman–Crippen LogP) is 2.54. The number of carbonyl (C=O) groups is 2. The van der Waals surface area contributed by atoms with Crippen LogP contribution >= 0.6 is 0 Å². The SMILES string of the molecule is COC(=O)C1=CCCCCC=C(C(=O)OC)CC1. The van der Waals surface area contributed by atoms with Crippen LogP contribution in [0.1, 0.15) is 38.5 Å². The van der Waals surface area contributed by atoms with Crippen molar-refractivity contribution >= 4 is 11.9 Å². The molecule has 0 saturated heterocycles. The van der Waals surface area contributed by atoms with Crippen LogP contribution < -0.4 is 0 Å². The number of hydrogen-bond donors (Lipinski definition) is 0. The van der Waals surface area contributed by atoms with E-state index in [0.717, 1.165) is 25.7 Å². The van der Waals surface area contributed by atoms with Gasteiger partial charge in [0.05, 0.1) is 14.2 Å². The first kappa shape index (κ1) is 14.5. The molecular formula is C14H20O4. The standard InChI is InChI=1S/C14H20O4/c1-17-13(15)11-7-5-3-4-6-8-12(10-9-11)14(16)18-2/h7-8H,3-6,9-10H2,1-2H3. The Morgan fingerprint density at radius 2 is 1.28 bits per heavy atom. The minimum atomic E-state index is -0.306. The highest BCUT2D eigenvalue weighted by Gasteiger charge is 2.15. The lowest BCUT2D eigenvalue weighted by molar-refractivity contribution is -0.137. The number of carbonyl (C=O) groups excluding carboxylic acids is 2. The molecule has 4 heteroatoms. The molecule has 0 heterocycles. The average molecular weight is 252 g/mol. The smallest absolute Gasteiger partial charge is 0.333 e. The Hall–Kier alpha value is -1.58. The minimum Gasteiger partial charge on any atom is -0.466 e. The van der Waals surface area contributed by atoms with Crippen molar-refractivity contribution in [3.8, 4) is 0 Å². The summed E-state index contributed by atoms with van der Waals surface area (Å²) >= 11 is 0. The van der Waals surface area contributed by atoms with Gasteiger partial charge in [-0.3, -0.25) is 0 Å². The van der Waals surface area contributed by atoms with E-state index in [1.54, 1.807) is 0 Å². The number of allylic oxidation sites excluding steroid dienone is 2. The number of esters is 2. The lowest BCUT2D eigenvalue weighted by Crippen LogP contribution is -2.09. The van der Waals surface area contributed by atoms with Gasteiger partial charge in [0.1, 0.15) is 0 Å². The molecule has 0 radical (unpaired) electrons. The van der Waals surface area contributed by atoms with Gasteiger partial charge in [-0.15, -0.1) is 0 Å². The van der Waals surface area contributed by atoms with Gasteiger partial charge in [0.2, 0.25) is 0 Å². The van der Waals surface area contributed by atoms with E-state index in [1.165, 1.54) is 14.2 Å². The molecule has 0 aromatic carbocycles. The zero-order valence-corrected chi connectivity index (χ0v) is 11.0. The Labute approximate surface area is 108 Å². The molecule has 18 heavy (non-hydrogen) atoms. The van der Waals surface area contributed by atoms with Gasteiger partial charge in [0, 0.05) is 11.1 Å². The van der Waals surface area contributed by atoms with Gasteiger partial charge in [-0.2, -0.15) is 0 Å². The van der Waals surface area contributed by atoms with E-state index in [9.17, 15) is 9.59 Å². The topological polar surface area (TPSA) is 52.6 Å². The van der Waals surface area contributed by atoms with Crippen LogP contribution in [-0.2, 0) is 19.1 Å². The lowest BCUT2D eigenvalue weighted by atomic mass is 9.99. The maximum absolute atomic E-state index is 11.5. The molecule has 0 saturated carbocycles. The minimum absolute atomic E-state index is 0.306. The number of ether oxygens (including phenoxy) is 2. The van der Waals surface area contributed by atoms with E-state index in [-0.39, 0.29) is 11.9 Å². The van der Waals surface area contributed by atoms with Gasteiger partial charge >= 0.3 is 11.9 Å². The largest absolute Gasteiger partial charge is 0.466 e. The molecule has 1 aliphatic carbocycles. The highest BCUT2D eigenvalue weighted by Crippen LogP contribution is 2.19. The highest BCUT2D eigenvalue weighted by atomic mass is 16.5. The maximum atomic E-state index is 11.5. The van der Waals surface area contributed by atoms with Gasteiger partial charge in [0.25, 0.3) is 0 Å². The van der Waals surface area contributed by atoms with Crippen molar-refractivity contribution in [2.75, 3.05) is 14.2 Å². The fourth-order valence-electron chi connectivity index (χ4n) is 1.95. The van der Waals surface area contributed by atoms with Crippen molar-refractivity contribution in [3.05, 3.63) is 23.3 Å². The molecule has 0 aromatic heterocycles. The van der Waals surface area contributed by atoms with Crippen LogP contribution in [0.2, 0.25) is 0 Å². The van der Waals surface area contributed by atoms with E-state index < -0.39 is 0 Å². The molecule has 100 valence electrons. The summed E-state index contributed by atoms with van der Waals surface area (Å²) in [6.45, 7) is 0. The normalized spacial score (nSPS) is 17.2.